The Balaban J connectivity index is 0. The molecule has 0 saturated carbocycles. The Morgan fingerprint density at radius 2 is 0.722 bits per heavy atom. The molecule has 0 spiro atoms. The minimum atomic E-state index is -1.08. The molecular formula is C27H27O8Rh. The number of hydrogen-bond donors (Lipinski definition) is 0. The predicted molar refractivity (Wildman–Crippen MR) is 123 cm³/mol. The Labute approximate surface area is 223 Å². The van der Waals surface area contributed by atoms with E-state index in [0.29, 0.717) is 0 Å². The van der Waals surface area contributed by atoms with Crippen molar-refractivity contribution in [3.63, 3.8) is 0 Å². The average molecular weight is 582 g/mol. The first-order valence-corrected chi connectivity index (χ1v) is 10.3. The van der Waals surface area contributed by atoms with E-state index in [4.69, 9.17) is 34.4 Å². The van der Waals surface area contributed by atoms with Crippen LogP contribution in [-0.2, 0) is 49.0 Å². The third kappa shape index (κ3) is 13.8. The van der Waals surface area contributed by atoms with E-state index >= 15 is 0 Å². The topological polar surface area (TPSA) is 147 Å². The summed E-state index contributed by atoms with van der Waals surface area (Å²) in [4.78, 5) is 38.6. The summed E-state index contributed by atoms with van der Waals surface area (Å²) in [6.07, 6.45) is 0. The molecule has 0 unspecified atom stereocenters. The predicted octanol–water partition coefficient (Wildman–Crippen LogP) is 0.808. The number of esters is 1. The molecule has 0 aliphatic rings. The van der Waals surface area contributed by atoms with Crippen LogP contribution in [0.25, 0.3) is 0 Å². The zero-order valence-corrected chi connectivity index (χ0v) is 21.9. The van der Waals surface area contributed by atoms with Gasteiger partial charge in [-0.3, -0.25) is 4.79 Å². The summed E-state index contributed by atoms with van der Waals surface area (Å²) < 4.78 is 5.96. The van der Waals surface area contributed by atoms with Gasteiger partial charge in [0.1, 0.15) is 0 Å². The maximum atomic E-state index is 12.0. The van der Waals surface area contributed by atoms with Gasteiger partial charge in [0.25, 0.3) is 0 Å². The van der Waals surface area contributed by atoms with Crippen LogP contribution in [0.2, 0.25) is 0 Å². The van der Waals surface area contributed by atoms with E-state index in [9.17, 15) is 4.79 Å². The first kappa shape index (κ1) is 34.3. The molecule has 36 heavy (non-hydrogen) atoms. The Hall–Kier alpha value is -3.84. The number of carboxylic acid groups (broad SMARTS) is 3. The van der Waals surface area contributed by atoms with Crippen LogP contribution in [0, 0.1) is 0 Å². The number of ether oxygens (including phenoxy) is 1. The molecule has 8 nitrogen and oxygen atoms in total. The third-order valence-corrected chi connectivity index (χ3v) is 3.84. The van der Waals surface area contributed by atoms with Gasteiger partial charge in [0.2, 0.25) is 0 Å². The van der Waals surface area contributed by atoms with Crippen LogP contribution in [0.1, 0.15) is 44.4 Å². The van der Waals surface area contributed by atoms with Crippen LogP contribution < -0.4 is 15.3 Å². The summed E-state index contributed by atoms with van der Waals surface area (Å²) in [5.74, 6) is -3.57. The van der Waals surface area contributed by atoms with Crippen LogP contribution in [0.5, 0.6) is 0 Å². The minimum absolute atomic E-state index is 0. The van der Waals surface area contributed by atoms with Crippen molar-refractivity contribution < 1.29 is 58.7 Å². The number of carbonyl (C=O) groups excluding carboxylic acids is 4. The zero-order chi connectivity index (χ0) is 26.9. The number of carbonyl (C=O) groups is 4. The van der Waals surface area contributed by atoms with Crippen molar-refractivity contribution in [1.29, 1.82) is 0 Å². The molecule has 0 heterocycles. The van der Waals surface area contributed by atoms with Gasteiger partial charge in [-0.1, -0.05) is 91.0 Å². The summed E-state index contributed by atoms with van der Waals surface area (Å²) in [7, 11) is 0. The van der Waals surface area contributed by atoms with Crippen molar-refractivity contribution in [3.05, 3.63) is 108 Å². The Kier molecular flexibility index (Phi) is 17.6. The zero-order valence-electron chi connectivity index (χ0n) is 20.3. The van der Waals surface area contributed by atoms with E-state index in [1.165, 1.54) is 6.92 Å². The van der Waals surface area contributed by atoms with Crippen molar-refractivity contribution in [1.82, 2.24) is 0 Å². The summed E-state index contributed by atoms with van der Waals surface area (Å²) in [5, 5.41) is 26.7. The molecule has 0 aliphatic heterocycles. The molecule has 0 atom stereocenters. The van der Waals surface area contributed by atoms with Crippen LogP contribution >= 0.6 is 0 Å². The number of rotatable bonds is 4. The van der Waals surface area contributed by atoms with Crippen LogP contribution in [0.3, 0.4) is 0 Å². The van der Waals surface area contributed by atoms with Gasteiger partial charge >= 0.3 is 25.4 Å². The second-order valence-electron chi connectivity index (χ2n) is 6.85. The fraction of sp³-hybridized carbons (Fsp3) is 0.185. The smallest absolute Gasteiger partial charge is 0.550 e. The summed E-state index contributed by atoms with van der Waals surface area (Å²) >= 11 is 0. The van der Waals surface area contributed by atoms with Crippen LogP contribution in [0.15, 0.2) is 91.0 Å². The van der Waals surface area contributed by atoms with Crippen molar-refractivity contribution >= 4 is 23.9 Å². The Bertz CT molecular complexity index is 918. The molecule has 3 aromatic carbocycles. The minimum Gasteiger partial charge on any atom is -0.550 e. The van der Waals surface area contributed by atoms with Gasteiger partial charge in [-0.15, -0.1) is 0 Å². The van der Waals surface area contributed by atoms with Crippen molar-refractivity contribution in [3.8, 4) is 0 Å². The summed E-state index contributed by atoms with van der Waals surface area (Å²) in [6, 6.07) is 29.6. The molecule has 0 aromatic heterocycles. The maximum Gasteiger partial charge on any atom is 3.00 e. The average Bonchev–Trinajstić information content (AvgIpc) is 2.78. The van der Waals surface area contributed by atoms with E-state index in [1.807, 2.05) is 91.0 Å². The molecule has 192 valence electrons. The SMILES string of the molecule is CC(=O)OC(c1ccccc1)(c1ccccc1)c1ccccc1.CC(=O)[O-].CC(=O)[O-].CC(=O)[O-].[Rh+3]. The van der Waals surface area contributed by atoms with Crippen molar-refractivity contribution in [2.75, 3.05) is 0 Å². The maximum absolute atomic E-state index is 12.0. The molecule has 0 fully saturated rings. The second kappa shape index (κ2) is 18.5. The fourth-order valence-electron chi connectivity index (χ4n) is 2.91. The van der Waals surface area contributed by atoms with Gasteiger partial charge in [0.15, 0.2) is 5.60 Å². The van der Waals surface area contributed by atoms with Crippen LogP contribution in [0.4, 0.5) is 0 Å². The Morgan fingerprint density at radius 1 is 0.528 bits per heavy atom. The number of aliphatic carboxylic acids is 3. The van der Waals surface area contributed by atoms with Gasteiger partial charge in [0, 0.05) is 41.5 Å². The van der Waals surface area contributed by atoms with Gasteiger partial charge < -0.3 is 34.4 Å². The molecule has 0 saturated heterocycles. The molecule has 0 aliphatic carbocycles. The number of hydrogen-bond acceptors (Lipinski definition) is 8. The Morgan fingerprint density at radius 3 is 0.889 bits per heavy atom. The molecule has 0 N–H and O–H groups in total. The van der Waals surface area contributed by atoms with E-state index in [0.717, 1.165) is 37.5 Å². The van der Waals surface area contributed by atoms with Crippen molar-refractivity contribution in [2.45, 2.75) is 33.3 Å². The van der Waals surface area contributed by atoms with Gasteiger partial charge in [-0.05, 0) is 20.8 Å². The quantitative estimate of drug-likeness (QED) is 0.250. The molecule has 3 rings (SSSR count). The monoisotopic (exact) mass is 582 g/mol. The third-order valence-electron chi connectivity index (χ3n) is 3.84. The van der Waals surface area contributed by atoms with Gasteiger partial charge in [-0.25, -0.2) is 0 Å². The fourth-order valence-corrected chi connectivity index (χ4v) is 2.91. The summed E-state index contributed by atoms with van der Waals surface area (Å²) in [6.45, 7) is 4.36. The first-order chi connectivity index (χ1) is 16.4. The molecule has 9 heteroatoms. The second-order valence-corrected chi connectivity index (χ2v) is 6.85. The number of benzene rings is 3. The molecule has 0 amide bonds. The largest absolute Gasteiger partial charge is 3.00 e. The normalized spacial score (nSPS) is 9.11. The van der Waals surface area contributed by atoms with E-state index < -0.39 is 23.5 Å². The standard InChI is InChI=1S/C21H18O2.3C2H4O2.Rh/c1-17(22)23-21(18-11-5-2-6-12-18,19-13-7-3-8-14-19)20-15-9-4-10-16-20;3*1-2(3)4;/h2-16H,1H3;3*1H3,(H,3,4);/q;;;;+3/p-3. The molecule has 0 bridgehead atoms. The summed E-state index contributed by atoms with van der Waals surface area (Å²) in [5.41, 5.74) is 1.82. The van der Waals surface area contributed by atoms with Gasteiger partial charge in [0.05, 0.1) is 0 Å². The van der Waals surface area contributed by atoms with Gasteiger partial charge in [-0.2, -0.15) is 0 Å². The van der Waals surface area contributed by atoms with Crippen LogP contribution in [-0.4, -0.2) is 23.9 Å². The molecular weight excluding hydrogens is 555 g/mol. The number of carboxylic acids is 3. The van der Waals surface area contributed by atoms with Crippen molar-refractivity contribution in [2.24, 2.45) is 0 Å². The molecule has 3 aromatic rings. The molecule has 0 radical (unpaired) electrons. The van der Waals surface area contributed by atoms with E-state index in [2.05, 4.69) is 0 Å². The first-order valence-electron chi connectivity index (χ1n) is 10.3. The van der Waals surface area contributed by atoms with E-state index in [1.54, 1.807) is 0 Å². The van der Waals surface area contributed by atoms with E-state index in [-0.39, 0.29) is 25.4 Å².